The van der Waals surface area contributed by atoms with Crippen LogP contribution in [-0.2, 0) is 4.79 Å². The fourth-order valence-electron chi connectivity index (χ4n) is 1.96. The minimum atomic E-state index is -0.389. The summed E-state index contributed by atoms with van der Waals surface area (Å²) in [5, 5.41) is 0. The lowest BCUT2D eigenvalue weighted by Gasteiger charge is -2.21. The summed E-state index contributed by atoms with van der Waals surface area (Å²) in [6, 6.07) is 7.55. The average molecular weight is 347 g/mol. The van der Waals surface area contributed by atoms with Gasteiger partial charge in [-0.1, -0.05) is 18.2 Å². The van der Waals surface area contributed by atoms with Crippen LogP contribution in [0.5, 0.6) is 5.75 Å². The second-order valence-electron chi connectivity index (χ2n) is 5.12. The smallest absolute Gasteiger partial charge is 0.239 e. The van der Waals surface area contributed by atoms with Gasteiger partial charge in [0.25, 0.3) is 0 Å². The highest BCUT2D eigenvalue weighted by molar-refractivity contribution is 7.98. The van der Waals surface area contributed by atoms with Crippen molar-refractivity contribution in [1.29, 1.82) is 0 Å². The van der Waals surface area contributed by atoms with E-state index in [4.69, 9.17) is 10.5 Å². The van der Waals surface area contributed by atoms with Crippen molar-refractivity contribution in [1.82, 2.24) is 4.90 Å². The molecule has 1 rings (SSSR count). The molecule has 0 aliphatic heterocycles. The second kappa shape index (κ2) is 11.6. The molecule has 126 valence electrons. The molecule has 1 aromatic rings. The van der Waals surface area contributed by atoms with Crippen molar-refractivity contribution in [2.75, 3.05) is 32.2 Å². The zero-order chi connectivity index (χ0) is 15.7. The molecule has 0 spiro atoms. The number of thioether (sulfide) groups is 1. The number of benzene rings is 1. The van der Waals surface area contributed by atoms with Gasteiger partial charge in [-0.15, -0.1) is 12.4 Å². The van der Waals surface area contributed by atoms with E-state index in [0.29, 0.717) is 13.2 Å². The molecule has 0 aliphatic rings. The summed E-state index contributed by atoms with van der Waals surface area (Å²) in [7, 11) is 1.80. The van der Waals surface area contributed by atoms with E-state index in [1.165, 1.54) is 0 Å². The zero-order valence-electron chi connectivity index (χ0n) is 13.6. The van der Waals surface area contributed by atoms with Gasteiger partial charge in [0.2, 0.25) is 5.91 Å². The van der Waals surface area contributed by atoms with Gasteiger partial charge in [0.1, 0.15) is 5.75 Å². The van der Waals surface area contributed by atoms with Crippen molar-refractivity contribution in [3.63, 3.8) is 0 Å². The fourth-order valence-corrected chi connectivity index (χ4v) is 2.45. The van der Waals surface area contributed by atoms with Gasteiger partial charge in [0.15, 0.2) is 0 Å². The first kappa shape index (κ1) is 21.1. The maximum atomic E-state index is 12.0. The van der Waals surface area contributed by atoms with Crippen molar-refractivity contribution in [3.05, 3.63) is 29.8 Å². The van der Waals surface area contributed by atoms with E-state index in [1.54, 1.807) is 23.7 Å². The normalized spacial score (nSPS) is 11.5. The lowest BCUT2D eigenvalue weighted by molar-refractivity contribution is -0.131. The summed E-state index contributed by atoms with van der Waals surface area (Å²) in [5.74, 6) is 1.83. The van der Waals surface area contributed by atoms with Crippen LogP contribution in [0.25, 0.3) is 0 Å². The summed E-state index contributed by atoms with van der Waals surface area (Å²) in [6.07, 6.45) is 3.54. The van der Waals surface area contributed by atoms with E-state index in [1.807, 2.05) is 37.4 Å². The number of likely N-dealkylation sites (N-methyl/N-ethyl adjacent to an activating group) is 1. The number of halogens is 1. The summed E-state index contributed by atoms with van der Waals surface area (Å²) in [6.45, 7) is 3.29. The van der Waals surface area contributed by atoms with E-state index in [2.05, 4.69) is 0 Å². The Bertz CT molecular complexity index is 446. The van der Waals surface area contributed by atoms with Crippen LogP contribution in [0.3, 0.4) is 0 Å². The topological polar surface area (TPSA) is 55.6 Å². The number of hydrogen-bond acceptors (Lipinski definition) is 4. The molecule has 1 aromatic carbocycles. The predicted octanol–water partition coefficient (Wildman–Crippen LogP) is 2.72. The third-order valence-electron chi connectivity index (χ3n) is 3.32. The van der Waals surface area contributed by atoms with E-state index < -0.39 is 0 Å². The first-order valence-corrected chi connectivity index (χ1v) is 8.63. The second-order valence-corrected chi connectivity index (χ2v) is 6.10. The van der Waals surface area contributed by atoms with Gasteiger partial charge in [0.05, 0.1) is 12.6 Å². The van der Waals surface area contributed by atoms with E-state index in [0.717, 1.165) is 29.9 Å². The maximum absolute atomic E-state index is 12.0. The number of nitrogens with two attached hydrogens (primary N) is 1. The molecule has 0 unspecified atom stereocenters. The lowest BCUT2D eigenvalue weighted by atomic mass is 10.2. The Kier molecular flexibility index (Phi) is 11.1. The molecule has 2 N–H and O–H groups in total. The Balaban J connectivity index is 0.00000441. The van der Waals surface area contributed by atoms with Crippen LogP contribution in [0.15, 0.2) is 24.3 Å². The SMILES string of the molecule is CSCC[C@H](N)C(=O)N(C)CCCOc1ccccc1C.Cl. The highest BCUT2D eigenvalue weighted by Crippen LogP contribution is 2.16. The molecule has 22 heavy (non-hydrogen) atoms. The summed E-state index contributed by atoms with van der Waals surface area (Å²) in [5.41, 5.74) is 7.01. The number of nitrogens with zero attached hydrogens (tertiary/aromatic N) is 1. The highest BCUT2D eigenvalue weighted by Gasteiger charge is 2.17. The van der Waals surface area contributed by atoms with Gasteiger partial charge in [-0.25, -0.2) is 0 Å². The molecule has 1 atom stereocenters. The number of aryl methyl sites for hydroxylation is 1. The lowest BCUT2D eigenvalue weighted by Crippen LogP contribution is -2.42. The Labute approximate surface area is 144 Å². The monoisotopic (exact) mass is 346 g/mol. The van der Waals surface area contributed by atoms with Crippen LogP contribution < -0.4 is 10.5 Å². The molecular weight excluding hydrogens is 320 g/mol. The molecule has 0 aromatic heterocycles. The number of carbonyl (C=O) groups excluding carboxylic acids is 1. The van der Waals surface area contributed by atoms with Crippen molar-refractivity contribution in [3.8, 4) is 5.75 Å². The predicted molar refractivity (Wildman–Crippen MR) is 97.2 cm³/mol. The minimum Gasteiger partial charge on any atom is -0.493 e. The van der Waals surface area contributed by atoms with Crippen molar-refractivity contribution >= 4 is 30.1 Å². The quantitative estimate of drug-likeness (QED) is 0.698. The van der Waals surface area contributed by atoms with Crippen LogP contribution in [0.4, 0.5) is 0 Å². The van der Waals surface area contributed by atoms with Crippen LogP contribution >= 0.6 is 24.2 Å². The molecule has 0 fully saturated rings. The summed E-state index contributed by atoms with van der Waals surface area (Å²) < 4.78 is 5.72. The molecule has 0 saturated heterocycles. The zero-order valence-corrected chi connectivity index (χ0v) is 15.2. The van der Waals surface area contributed by atoms with Crippen molar-refractivity contribution < 1.29 is 9.53 Å². The third-order valence-corrected chi connectivity index (χ3v) is 3.96. The van der Waals surface area contributed by atoms with Gasteiger partial charge >= 0.3 is 0 Å². The number of rotatable bonds is 9. The number of amides is 1. The molecule has 0 bridgehead atoms. The van der Waals surface area contributed by atoms with Gasteiger partial charge < -0.3 is 15.4 Å². The Morgan fingerprint density at radius 1 is 1.41 bits per heavy atom. The van der Waals surface area contributed by atoms with E-state index in [-0.39, 0.29) is 24.4 Å². The molecule has 1 amide bonds. The number of hydrogen-bond donors (Lipinski definition) is 1. The van der Waals surface area contributed by atoms with E-state index in [9.17, 15) is 4.79 Å². The first-order chi connectivity index (χ1) is 10.1. The Hall–Kier alpha value is -0.910. The fraction of sp³-hybridized carbons (Fsp3) is 0.562. The molecule has 0 aliphatic carbocycles. The van der Waals surface area contributed by atoms with Crippen LogP contribution in [-0.4, -0.2) is 49.1 Å². The standard InChI is InChI=1S/C16H26N2O2S.ClH/c1-13-7-4-5-8-15(13)20-11-6-10-18(2)16(19)14(17)9-12-21-3;/h4-5,7-8,14H,6,9-12,17H2,1-3H3;1H/t14-;/m0./s1. The molecule has 6 heteroatoms. The Morgan fingerprint density at radius 3 is 2.73 bits per heavy atom. The van der Waals surface area contributed by atoms with Gasteiger partial charge in [0, 0.05) is 13.6 Å². The van der Waals surface area contributed by atoms with Gasteiger partial charge in [-0.05, 0) is 43.4 Å². The molecule has 0 radical (unpaired) electrons. The largest absolute Gasteiger partial charge is 0.493 e. The summed E-state index contributed by atoms with van der Waals surface area (Å²) in [4.78, 5) is 13.7. The minimum absolute atomic E-state index is 0. The highest BCUT2D eigenvalue weighted by atomic mass is 35.5. The van der Waals surface area contributed by atoms with Crippen molar-refractivity contribution in [2.45, 2.75) is 25.8 Å². The maximum Gasteiger partial charge on any atom is 0.239 e. The van der Waals surface area contributed by atoms with Crippen molar-refractivity contribution in [2.24, 2.45) is 5.73 Å². The van der Waals surface area contributed by atoms with Gasteiger partial charge in [-0.2, -0.15) is 11.8 Å². The van der Waals surface area contributed by atoms with Crippen LogP contribution in [0.1, 0.15) is 18.4 Å². The molecular formula is C16H27ClN2O2S. The third kappa shape index (κ3) is 7.38. The first-order valence-electron chi connectivity index (χ1n) is 7.24. The molecule has 4 nitrogen and oxygen atoms in total. The molecule has 0 heterocycles. The Morgan fingerprint density at radius 2 is 2.09 bits per heavy atom. The van der Waals surface area contributed by atoms with E-state index >= 15 is 0 Å². The van der Waals surface area contributed by atoms with Crippen LogP contribution in [0.2, 0.25) is 0 Å². The number of carbonyl (C=O) groups is 1. The van der Waals surface area contributed by atoms with Gasteiger partial charge in [-0.3, -0.25) is 4.79 Å². The summed E-state index contributed by atoms with van der Waals surface area (Å²) >= 11 is 1.71. The average Bonchev–Trinajstić information content (AvgIpc) is 2.49. The van der Waals surface area contributed by atoms with Crippen LogP contribution in [0, 0.1) is 6.92 Å². The molecule has 0 saturated carbocycles. The number of ether oxygens (including phenoxy) is 1. The number of para-hydroxylation sites is 1.